The Kier molecular flexibility index (Phi) is 6.41. The van der Waals surface area contributed by atoms with Gasteiger partial charge in [0.05, 0.1) is 19.3 Å². The Morgan fingerprint density at radius 2 is 1.87 bits per heavy atom. The fourth-order valence-corrected chi connectivity index (χ4v) is 2.24. The predicted molar refractivity (Wildman–Crippen MR) is 86.0 cm³/mol. The van der Waals surface area contributed by atoms with E-state index in [1.807, 2.05) is 30.3 Å². The molecule has 5 heteroatoms. The fraction of sp³-hybridized carbons (Fsp3) is 0.333. The van der Waals surface area contributed by atoms with E-state index in [2.05, 4.69) is 0 Å². The maximum absolute atomic E-state index is 12.5. The third kappa shape index (κ3) is 5.29. The van der Waals surface area contributed by atoms with E-state index in [1.54, 1.807) is 24.0 Å². The summed E-state index contributed by atoms with van der Waals surface area (Å²) in [7, 11) is 0. The van der Waals surface area contributed by atoms with Crippen molar-refractivity contribution in [3.63, 3.8) is 0 Å². The van der Waals surface area contributed by atoms with Crippen molar-refractivity contribution in [2.75, 3.05) is 19.7 Å². The third-order valence-corrected chi connectivity index (χ3v) is 3.42. The number of hydrogen-bond acceptors (Lipinski definition) is 4. The Bertz CT molecular complexity index is 607. The molecule has 0 saturated heterocycles. The molecule has 0 spiro atoms. The topological polar surface area (TPSA) is 59.8 Å². The average Bonchev–Trinajstić information content (AvgIpc) is 3.10. The summed E-state index contributed by atoms with van der Waals surface area (Å²) in [5, 5.41) is 0. The highest BCUT2D eigenvalue weighted by molar-refractivity contribution is 5.91. The first kappa shape index (κ1) is 16.8. The third-order valence-electron chi connectivity index (χ3n) is 3.42. The van der Waals surface area contributed by atoms with Gasteiger partial charge in [-0.15, -0.1) is 0 Å². The minimum atomic E-state index is -0.301. The van der Waals surface area contributed by atoms with Gasteiger partial charge >= 0.3 is 5.97 Å². The molecular weight excluding hydrogens is 294 g/mol. The first-order chi connectivity index (χ1) is 11.2. The quantitative estimate of drug-likeness (QED) is 0.703. The van der Waals surface area contributed by atoms with Crippen LogP contribution >= 0.6 is 0 Å². The molecule has 1 amide bonds. The molecule has 0 aliphatic rings. The van der Waals surface area contributed by atoms with Gasteiger partial charge in [0, 0.05) is 13.1 Å². The van der Waals surface area contributed by atoms with Crippen LogP contribution in [0.25, 0.3) is 0 Å². The lowest BCUT2D eigenvalue weighted by Crippen LogP contribution is -2.34. The maximum atomic E-state index is 12.5. The molecule has 1 aromatic carbocycles. The van der Waals surface area contributed by atoms with Crippen molar-refractivity contribution in [3.8, 4) is 0 Å². The number of benzene rings is 1. The van der Waals surface area contributed by atoms with Crippen molar-refractivity contribution in [3.05, 3.63) is 60.1 Å². The predicted octanol–water partition coefficient (Wildman–Crippen LogP) is 2.92. The van der Waals surface area contributed by atoms with E-state index in [0.29, 0.717) is 19.7 Å². The Balaban J connectivity index is 1.98. The normalized spacial score (nSPS) is 10.3. The second-order valence-electron chi connectivity index (χ2n) is 5.06. The number of carbonyl (C=O) groups is 2. The molecule has 5 nitrogen and oxygen atoms in total. The highest BCUT2D eigenvalue weighted by Crippen LogP contribution is 2.09. The molecule has 0 N–H and O–H groups in total. The lowest BCUT2D eigenvalue weighted by atomic mass is 10.1. The fourth-order valence-electron chi connectivity index (χ4n) is 2.24. The van der Waals surface area contributed by atoms with Crippen molar-refractivity contribution < 1.29 is 18.7 Å². The van der Waals surface area contributed by atoms with Crippen LogP contribution in [0.3, 0.4) is 0 Å². The zero-order valence-electron chi connectivity index (χ0n) is 13.2. The number of hydrogen-bond donors (Lipinski definition) is 0. The Labute approximate surface area is 135 Å². The Hall–Kier alpha value is -2.56. The molecular formula is C18H21NO4. The van der Waals surface area contributed by atoms with E-state index in [0.717, 1.165) is 12.0 Å². The van der Waals surface area contributed by atoms with Crippen molar-refractivity contribution in [1.82, 2.24) is 4.90 Å². The number of amides is 1. The summed E-state index contributed by atoms with van der Waals surface area (Å²) in [6.45, 7) is 2.93. The van der Waals surface area contributed by atoms with Gasteiger partial charge in [0.2, 0.25) is 0 Å². The number of carbonyl (C=O) groups excluding carboxylic acids is 2. The molecule has 23 heavy (non-hydrogen) atoms. The number of ether oxygens (including phenoxy) is 1. The summed E-state index contributed by atoms with van der Waals surface area (Å²) in [4.78, 5) is 25.7. The van der Waals surface area contributed by atoms with Crippen LogP contribution in [0.1, 0.15) is 29.5 Å². The molecule has 0 radical (unpaired) electrons. The van der Waals surface area contributed by atoms with Gasteiger partial charge < -0.3 is 14.1 Å². The summed E-state index contributed by atoms with van der Waals surface area (Å²) < 4.78 is 10.1. The number of furan rings is 1. The minimum absolute atomic E-state index is 0.176. The molecule has 2 rings (SSSR count). The molecule has 0 fully saturated rings. The molecule has 0 unspecified atom stereocenters. The lowest BCUT2D eigenvalue weighted by molar-refractivity contribution is -0.143. The summed E-state index contributed by atoms with van der Waals surface area (Å²) in [5.74, 6) is -0.235. The molecule has 1 heterocycles. The van der Waals surface area contributed by atoms with Gasteiger partial charge in [0.25, 0.3) is 5.91 Å². The van der Waals surface area contributed by atoms with Gasteiger partial charge in [-0.25, -0.2) is 0 Å². The van der Waals surface area contributed by atoms with E-state index < -0.39 is 0 Å². The van der Waals surface area contributed by atoms with Crippen molar-refractivity contribution in [2.45, 2.75) is 19.8 Å². The van der Waals surface area contributed by atoms with Crippen LogP contribution in [0.4, 0.5) is 0 Å². The van der Waals surface area contributed by atoms with Crippen LogP contribution in [-0.2, 0) is 16.0 Å². The number of esters is 1. The maximum Gasteiger partial charge on any atom is 0.307 e. The minimum Gasteiger partial charge on any atom is -0.466 e. The van der Waals surface area contributed by atoms with Crippen molar-refractivity contribution in [2.24, 2.45) is 0 Å². The van der Waals surface area contributed by atoms with E-state index in [-0.39, 0.29) is 24.1 Å². The van der Waals surface area contributed by atoms with Crippen molar-refractivity contribution >= 4 is 11.9 Å². The summed E-state index contributed by atoms with van der Waals surface area (Å²) >= 11 is 0. The monoisotopic (exact) mass is 315 g/mol. The lowest BCUT2D eigenvalue weighted by Gasteiger charge is -2.21. The van der Waals surface area contributed by atoms with Gasteiger partial charge in [-0.05, 0) is 31.0 Å². The van der Waals surface area contributed by atoms with Gasteiger partial charge in [0.15, 0.2) is 5.76 Å². The van der Waals surface area contributed by atoms with E-state index in [1.165, 1.54) is 6.26 Å². The Morgan fingerprint density at radius 1 is 1.09 bits per heavy atom. The molecule has 0 aliphatic heterocycles. The van der Waals surface area contributed by atoms with Crippen LogP contribution in [-0.4, -0.2) is 36.5 Å². The number of rotatable bonds is 8. The molecule has 122 valence electrons. The van der Waals surface area contributed by atoms with E-state index >= 15 is 0 Å². The van der Waals surface area contributed by atoms with E-state index in [4.69, 9.17) is 9.15 Å². The van der Waals surface area contributed by atoms with Gasteiger partial charge in [-0.1, -0.05) is 30.3 Å². The first-order valence-electron chi connectivity index (χ1n) is 7.73. The zero-order valence-corrected chi connectivity index (χ0v) is 13.2. The second-order valence-corrected chi connectivity index (χ2v) is 5.06. The second kappa shape index (κ2) is 8.78. The van der Waals surface area contributed by atoms with Crippen LogP contribution in [0.2, 0.25) is 0 Å². The number of nitrogens with zero attached hydrogens (tertiary/aromatic N) is 1. The van der Waals surface area contributed by atoms with Gasteiger partial charge in [0.1, 0.15) is 0 Å². The Morgan fingerprint density at radius 3 is 2.52 bits per heavy atom. The molecule has 2 aromatic rings. The molecule has 1 aromatic heterocycles. The summed E-state index contributed by atoms with van der Waals surface area (Å²) in [6.07, 6.45) is 2.36. The summed E-state index contributed by atoms with van der Waals surface area (Å²) in [5.41, 5.74) is 1.14. The van der Waals surface area contributed by atoms with E-state index in [9.17, 15) is 9.59 Å². The average molecular weight is 315 g/mol. The van der Waals surface area contributed by atoms with Crippen LogP contribution in [0.5, 0.6) is 0 Å². The SMILES string of the molecule is CCOC(=O)CCN(CCc1ccccc1)C(=O)c1ccco1. The molecule has 0 aliphatic carbocycles. The largest absolute Gasteiger partial charge is 0.466 e. The summed E-state index contributed by atoms with van der Waals surface area (Å²) in [6, 6.07) is 13.2. The van der Waals surface area contributed by atoms with Crippen molar-refractivity contribution in [1.29, 1.82) is 0 Å². The smallest absolute Gasteiger partial charge is 0.307 e. The highest BCUT2D eigenvalue weighted by atomic mass is 16.5. The molecule has 0 atom stereocenters. The molecule has 0 saturated carbocycles. The first-order valence-corrected chi connectivity index (χ1v) is 7.73. The van der Waals surface area contributed by atoms with Crippen LogP contribution in [0, 0.1) is 0 Å². The van der Waals surface area contributed by atoms with Crippen LogP contribution in [0.15, 0.2) is 53.1 Å². The van der Waals surface area contributed by atoms with Crippen LogP contribution < -0.4 is 0 Å². The van der Waals surface area contributed by atoms with Gasteiger partial charge in [-0.2, -0.15) is 0 Å². The zero-order chi connectivity index (χ0) is 16.5. The standard InChI is InChI=1S/C18H21NO4/c1-2-22-17(20)11-13-19(18(21)16-9-6-14-23-16)12-10-15-7-4-3-5-8-15/h3-9,14H,2,10-13H2,1H3. The highest BCUT2D eigenvalue weighted by Gasteiger charge is 2.19. The molecule has 0 bridgehead atoms. The van der Waals surface area contributed by atoms with Gasteiger partial charge in [-0.3, -0.25) is 9.59 Å².